The highest BCUT2D eigenvalue weighted by Gasteiger charge is 2.32. The quantitative estimate of drug-likeness (QED) is 0.367. The summed E-state index contributed by atoms with van der Waals surface area (Å²) in [6, 6.07) is 25.6. The van der Waals surface area contributed by atoms with Crippen LogP contribution >= 0.6 is 15.9 Å². The Hall–Kier alpha value is -2.92. The van der Waals surface area contributed by atoms with E-state index in [1.165, 1.54) is 0 Å². The molecular formula is C30H33BrN2O2. The zero-order valence-corrected chi connectivity index (χ0v) is 21.8. The summed E-state index contributed by atoms with van der Waals surface area (Å²) >= 11 is 3.55. The van der Waals surface area contributed by atoms with Crippen LogP contribution in [-0.4, -0.2) is 28.8 Å². The van der Waals surface area contributed by atoms with Gasteiger partial charge >= 0.3 is 0 Å². The van der Waals surface area contributed by atoms with E-state index in [2.05, 4.69) is 21.2 Å². The first-order valence-electron chi connectivity index (χ1n) is 12.4. The molecule has 1 unspecified atom stereocenters. The van der Waals surface area contributed by atoms with E-state index in [1.54, 1.807) is 4.90 Å². The number of nitrogens with one attached hydrogen (secondary N) is 1. The minimum atomic E-state index is -0.588. The number of carbonyl (C=O) groups is 2. The molecule has 1 aliphatic rings. The number of nitrogens with zero attached hydrogens (tertiary/aromatic N) is 1. The van der Waals surface area contributed by atoms with Crippen molar-refractivity contribution in [1.82, 2.24) is 10.2 Å². The molecule has 0 saturated heterocycles. The van der Waals surface area contributed by atoms with Gasteiger partial charge in [0.15, 0.2) is 0 Å². The van der Waals surface area contributed by atoms with E-state index < -0.39 is 6.04 Å². The second-order valence-corrected chi connectivity index (χ2v) is 10.4. The fourth-order valence-electron chi connectivity index (χ4n) is 4.74. The molecule has 35 heavy (non-hydrogen) atoms. The molecule has 1 saturated carbocycles. The normalized spacial score (nSPS) is 14.5. The molecule has 5 heteroatoms. The van der Waals surface area contributed by atoms with Crippen LogP contribution in [0.5, 0.6) is 0 Å². The van der Waals surface area contributed by atoms with E-state index in [4.69, 9.17) is 0 Å². The molecule has 4 nitrogen and oxygen atoms in total. The van der Waals surface area contributed by atoms with Gasteiger partial charge < -0.3 is 10.2 Å². The van der Waals surface area contributed by atoms with E-state index in [1.807, 2.05) is 85.8 Å². The van der Waals surface area contributed by atoms with Crippen LogP contribution in [0, 0.1) is 6.92 Å². The molecule has 0 bridgehead atoms. The maximum absolute atomic E-state index is 13.8. The van der Waals surface area contributed by atoms with Gasteiger partial charge in [0.1, 0.15) is 6.04 Å². The lowest BCUT2D eigenvalue weighted by molar-refractivity contribution is -0.141. The minimum Gasteiger partial charge on any atom is -0.352 e. The van der Waals surface area contributed by atoms with Crippen LogP contribution in [0.1, 0.15) is 47.9 Å². The van der Waals surface area contributed by atoms with Gasteiger partial charge in [-0.05, 0) is 48.6 Å². The molecule has 3 aromatic rings. The third kappa shape index (κ3) is 7.28. The van der Waals surface area contributed by atoms with Crippen LogP contribution in [0.25, 0.3) is 0 Å². The van der Waals surface area contributed by atoms with Crippen molar-refractivity contribution >= 4 is 27.7 Å². The molecule has 1 atom stereocenters. The molecule has 182 valence electrons. The topological polar surface area (TPSA) is 49.4 Å². The lowest BCUT2D eigenvalue weighted by Gasteiger charge is -2.32. The first-order chi connectivity index (χ1) is 17.0. The standard InChI is InChI=1S/C30H33BrN2O2/c1-22-14-16-24(17-15-22)20-29(34)33(21-25-10-7-11-26(31)18-25)28(19-23-8-3-2-4-9-23)30(35)32-27-12-5-6-13-27/h2-4,7-11,14-18,27-28H,5-6,12-13,19-21H2,1H3,(H,32,35). The van der Waals surface area contributed by atoms with Crippen molar-refractivity contribution in [2.24, 2.45) is 0 Å². The molecule has 1 fully saturated rings. The average molecular weight is 534 g/mol. The highest BCUT2D eigenvalue weighted by atomic mass is 79.9. The zero-order valence-electron chi connectivity index (χ0n) is 20.3. The average Bonchev–Trinajstić information content (AvgIpc) is 3.36. The molecule has 0 heterocycles. The smallest absolute Gasteiger partial charge is 0.243 e. The molecule has 3 aromatic carbocycles. The number of carbonyl (C=O) groups excluding carboxylic acids is 2. The maximum Gasteiger partial charge on any atom is 0.243 e. The van der Waals surface area contributed by atoms with Gasteiger partial charge in [0, 0.05) is 23.5 Å². The summed E-state index contributed by atoms with van der Waals surface area (Å²) in [7, 11) is 0. The van der Waals surface area contributed by atoms with Gasteiger partial charge in [-0.15, -0.1) is 0 Å². The zero-order chi connectivity index (χ0) is 24.6. The van der Waals surface area contributed by atoms with Crippen molar-refractivity contribution in [3.8, 4) is 0 Å². The van der Waals surface area contributed by atoms with Gasteiger partial charge in [-0.25, -0.2) is 0 Å². The summed E-state index contributed by atoms with van der Waals surface area (Å²) in [4.78, 5) is 29.3. The van der Waals surface area contributed by atoms with Gasteiger partial charge in [-0.1, -0.05) is 101 Å². The number of hydrogen-bond acceptors (Lipinski definition) is 2. The third-order valence-corrected chi connectivity index (χ3v) is 7.18. The first kappa shape index (κ1) is 25.2. The van der Waals surface area contributed by atoms with Crippen molar-refractivity contribution in [3.05, 3.63) is 106 Å². The SMILES string of the molecule is Cc1ccc(CC(=O)N(Cc2cccc(Br)c2)C(Cc2ccccc2)C(=O)NC2CCCC2)cc1. The number of halogens is 1. The number of rotatable bonds is 9. The van der Waals surface area contributed by atoms with E-state index in [-0.39, 0.29) is 24.3 Å². The lowest BCUT2D eigenvalue weighted by atomic mass is 10.0. The molecule has 1 aliphatic carbocycles. The Morgan fingerprint density at radius 3 is 2.29 bits per heavy atom. The van der Waals surface area contributed by atoms with Crippen molar-refractivity contribution in [3.63, 3.8) is 0 Å². The predicted octanol–water partition coefficient (Wildman–Crippen LogP) is 6.00. The second kappa shape index (κ2) is 12.2. The van der Waals surface area contributed by atoms with Crippen LogP contribution in [0.2, 0.25) is 0 Å². The molecule has 0 aromatic heterocycles. The number of hydrogen-bond donors (Lipinski definition) is 1. The van der Waals surface area contributed by atoms with E-state index in [0.717, 1.165) is 52.4 Å². The second-order valence-electron chi connectivity index (χ2n) is 9.51. The van der Waals surface area contributed by atoms with Crippen LogP contribution in [0.3, 0.4) is 0 Å². The number of aryl methyl sites for hydroxylation is 1. The fraction of sp³-hybridized carbons (Fsp3) is 0.333. The Labute approximate surface area is 216 Å². The van der Waals surface area contributed by atoms with Crippen LogP contribution < -0.4 is 5.32 Å². The van der Waals surface area contributed by atoms with Crippen molar-refractivity contribution in [2.45, 2.75) is 64.1 Å². The summed E-state index contributed by atoms with van der Waals surface area (Å²) in [5.41, 5.74) is 4.14. The summed E-state index contributed by atoms with van der Waals surface area (Å²) in [5, 5.41) is 3.26. The maximum atomic E-state index is 13.8. The molecule has 1 N–H and O–H groups in total. The lowest BCUT2D eigenvalue weighted by Crippen LogP contribution is -2.52. The van der Waals surface area contributed by atoms with Gasteiger partial charge in [0.05, 0.1) is 6.42 Å². The molecule has 0 spiro atoms. The van der Waals surface area contributed by atoms with Crippen LogP contribution in [-0.2, 0) is 29.0 Å². The van der Waals surface area contributed by atoms with E-state index >= 15 is 0 Å². The molecule has 2 amide bonds. The Morgan fingerprint density at radius 2 is 1.60 bits per heavy atom. The highest BCUT2D eigenvalue weighted by molar-refractivity contribution is 9.10. The van der Waals surface area contributed by atoms with Gasteiger partial charge in [0.2, 0.25) is 11.8 Å². The van der Waals surface area contributed by atoms with Crippen LogP contribution in [0.15, 0.2) is 83.3 Å². The Bertz CT molecular complexity index is 1120. The summed E-state index contributed by atoms with van der Waals surface area (Å²) in [6.45, 7) is 2.41. The molecule has 0 aliphatic heterocycles. The summed E-state index contributed by atoms with van der Waals surface area (Å²) < 4.78 is 0.955. The van der Waals surface area contributed by atoms with Gasteiger partial charge in [0.25, 0.3) is 0 Å². The van der Waals surface area contributed by atoms with Gasteiger partial charge in [-0.2, -0.15) is 0 Å². The van der Waals surface area contributed by atoms with Crippen LogP contribution in [0.4, 0.5) is 0 Å². The minimum absolute atomic E-state index is 0.0451. The number of benzene rings is 3. The Morgan fingerprint density at radius 1 is 0.914 bits per heavy atom. The monoisotopic (exact) mass is 532 g/mol. The predicted molar refractivity (Wildman–Crippen MR) is 144 cm³/mol. The molecule has 4 rings (SSSR count). The Kier molecular flexibility index (Phi) is 8.75. The van der Waals surface area contributed by atoms with E-state index in [9.17, 15) is 9.59 Å². The van der Waals surface area contributed by atoms with E-state index in [0.29, 0.717) is 13.0 Å². The largest absolute Gasteiger partial charge is 0.352 e. The van der Waals surface area contributed by atoms with Crippen molar-refractivity contribution in [1.29, 1.82) is 0 Å². The van der Waals surface area contributed by atoms with Crippen molar-refractivity contribution < 1.29 is 9.59 Å². The fourth-order valence-corrected chi connectivity index (χ4v) is 5.18. The van der Waals surface area contributed by atoms with Crippen molar-refractivity contribution in [2.75, 3.05) is 0 Å². The Balaban J connectivity index is 1.65. The van der Waals surface area contributed by atoms with Gasteiger partial charge in [-0.3, -0.25) is 9.59 Å². The molecule has 0 radical (unpaired) electrons. The first-order valence-corrected chi connectivity index (χ1v) is 13.2. The highest BCUT2D eigenvalue weighted by Crippen LogP contribution is 2.21. The third-order valence-electron chi connectivity index (χ3n) is 6.69. The summed E-state index contributed by atoms with van der Waals surface area (Å²) in [5.74, 6) is -0.107. The number of amides is 2. The summed E-state index contributed by atoms with van der Waals surface area (Å²) in [6.07, 6.45) is 5.04. The molecular weight excluding hydrogens is 500 g/mol.